The summed E-state index contributed by atoms with van der Waals surface area (Å²) in [5.41, 5.74) is 5.10. The third kappa shape index (κ3) is 1.36. The van der Waals surface area contributed by atoms with E-state index in [-0.39, 0.29) is 0 Å². The smallest absolute Gasteiger partial charge is 0.185 e. The molecule has 0 aliphatic rings. The maximum absolute atomic E-state index is 3.57. The number of benzene rings is 2. The first-order valence-corrected chi connectivity index (χ1v) is 6.96. The first kappa shape index (κ1) is 11.5. The summed E-state index contributed by atoms with van der Waals surface area (Å²) in [7, 11) is 2.10. The van der Waals surface area contributed by atoms with Crippen molar-refractivity contribution in [3.63, 3.8) is 0 Å². The second-order valence-corrected chi connectivity index (χ2v) is 5.57. The van der Waals surface area contributed by atoms with Gasteiger partial charge in [-0.05, 0) is 30.0 Å². The molecule has 98 valence electrons. The van der Waals surface area contributed by atoms with Gasteiger partial charge in [0.1, 0.15) is 7.05 Å². The molecule has 0 spiro atoms. The van der Waals surface area contributed by atoms with Crippen LogP contribution in [0.2, 0.25) is 0 Å². The van der Waals surface area contributed by atoms with Gasteiger partial charge in [-0.15, -0.1) is 0 Å². The molecular weight excluding hydrogens is 244 g/mol. The van der Waals surface area contributed by atoms with E-state index in [1.54, 1.807) is 0 Å². The minimum Gasteiger partial charge on any atom is -0.354 e. The largest absolute Gasteiger partial charge is 0.354 e. The number of aromatic nitrogens is 2. The molecule has 2 heterocycles. The lowest BCUT2D eigenvalue weighted by Crippen LogP contribution is -2.31. The number of hydrogen-bond donors (Lipinski definition) is 1. The van der Waals surface area contributed by atoms with Crippen molar-refractivity contribution in [1.82, 2.24) is 4.98 Å². The second kappa shape index (κ2) is 3.83. The molecule has 0 saturated heterocycles. The summed E-state index contributed by atoms with van der Waals surface area (Å²) in [5, 5.41) is 5.29. The van der Waals surface area contributed by atoms with E-state index in [2.05, 4.69) is 73.0 Å². The monoisotopic (exact) mass is 261 g/mol. The van der Waals surface area contributed by atoms with Crippen molar-refractivity contribution >= 4 is 32.6 Å². The highest BCUT2D eigenvalue weighted by atomic mass is 14.9. The van der Waals surface area contributed by atoms with Gasteiger partial charge in [-0.1, -0.05) is 18.2 Å². The van der Waals surface area contributed by atoms with Crippen LogP contribution in [0, 0.1) is 13.8 Å². The summed E-state index contributed by atoms with van der Waals surface area (Å²) in [6, 6.07) is 13.1. The molecule has 20 heavy (non-hydrogen) atoms. The van der Waals surface area contributed by atoms with Crippen LogP contribution in [0.5, 0.6) is 0 Å². The number of fused-ring (bicyclic) bond motifs is 4. The maximum atomic E-state index is 3.57. The number of hydrogen-bond acceptors (Lipinski definition) is 0. The Bertz CT molecular complexity index is 977. The summed E-state index contributed by atoms with van der Waals surface area (Å²) in [6.07, 6.45) is 2.14. The number of aromatic amines is 1. The Hall–Kier alpha value is -2.35. The van der Waals surface area contributed by atoms with Gasteiger partial charge in [-0.3, -0.25) is 0 Å². The number of pyridine rings is 1. The molecule has 0 aliphatic carbocycles. The molecule has 2 heteroatoms. The number of nitrogens with one attached hydrogen (secondary N) is 1. The molecule has 4 rings (SSSR count). The van der Waals surface area contributed by atoms with Gasteiger partial charge in [0.15, 0.2) is 11.9 Å². The van der Waals surface area contributed by atoms with Crippen molar-refractivity contribution in [2.24, 2.45) is 7.05 Å². The SMILES string of the molecule is Cc1c2cc[n+](C)c(C)c2cc2c1[nH]c1ccccc12. The van der Waals surface area contributed by atoms with E-state index >= 15 is 0 Å². The molecule has 2 aromatic heterocycles. The summed E-state index contributed by atoms with van der Waals surface area (Å²) < 4.78 is 2.18. The molecule has 1 N–H and O–H groups in total. The summed E-state index contributed by atoms with van der Waals surface area (Å²) in [5.74, 6) is 0. The van der Waals surface area contributed by atoms with Crippen LogP contribution in [0.15, 0.2) is 42.6 Å². The molecule has 0 fully saturated rings. The average Bonchev–Trinajstić information content (AvgIpc) is 2.83. The first-order valence-electron chi connectivity index (χ1n) is 6.96. The number of para-hydroxylation sites is 1. The van der Waals surface area contributed by atoms with Crippen molar-refractivity contribution in [3.8, 4) is 0 Å². The van der Waals surface area contributed by atoms with Crippen LogP contribution in [0.4, 0.5) is 0 Å². The maximum Gasteiger partial charge on any atom is 0.185 e. The number of nitrogens with zero attached hydrogens (tertiary/aromatic N) is 1. The van der Waals surface area contributed by atoms with Crippen molar-refractivity contribution in [1.29, 1.82) is 0 Å². The van der Waals surface area contributed by atoms with E-state index in [1.807, 2.05) is 0 Å². The van der Waals surface area contributed by atoms with Crippen LogP contribution in [-0.2, 0) is 7.05 Å². The predicted molar refractivity (Wildman–Crippen MR) is 84.0 cm³/mol. The number of rotatable bonds is 0. The Balaban J connectivity index is 2.32. The fourth-order valence-corrected chi connectivity index (χ4v) is 3.17. The normalized spacial score (nSPS) is 11.8. The van der Waals surface area contributed by atoms with Gasteiger partial charge in [-0.2, -0.15) is 0 Å². The Kier molecular flexibility index (Phi) is 2.19. The lowest BCUT2D eigenvalue weighted by Gasteiger charge is -2.05. The van der Waals surface area contributed by atoms with Gasteiger partial charge >= 0.3 is 0 Å². The minimum absolute atomic E-state index is 1.21. The van der Waals surface area contributed by atoms with Crippen LogP contribution in [0.25, 0.3) is 32.6 Å². The molecule has 0 bridgehead atoms. The zero-order valence-corrected chi connectivity index (χ0v) is 12.0. The average molecular weight is 261 g/mol. The lowest BCUT2D eigenvalue weighted by atomic mass is 10.0. The fraction of sp³-hybridized carbons (Fsp3) is 0.167. The first-order chi connectivity index (χ1) is 9.66. The van der Waals surface area contributed by atoms with Crippen molar-refractivity contribution in [2.75, 3.05) is 0 Å². The van der Waals surface area contributed by atoms with E-state index in [9.17, 15) is 0 Å². The standard InChI is InChI=1S/C18H16N2/c1-11-13-8-9-20(3)12(2)15(13)10-16-14-6-4-5-7-17(14)19-18(11)16/h4-10H,1-3H3/p+1. The zero-order chi connectivity index (χ0) is 13.9. The van der Waals surface area contributed by atoms with Crippen LogP contribution >= 0.6 is 0 Å². The van der Waals surface area contributed by atoms with Crippen LogP contribution in [-0.4, -0.2) is 4.98 Å². The Morgan fingerprint density at radius 3 is 2.55 bits per heavy atom. The van der Waals surface area contributed by atoms with E-state index in [4.69, 9.17) is 0 Å². The van der Waals surface area contributed by atoms with Gasteiger partial charge in [0.05, 0.1) is 5.52 Å². The van der Waals surface area contributed by atoms with Gasteiger partial charge in [0.2, 0.25) is 0 Å². The molecule has 4 aromatic rings. The van der Waals surface area contributed by atoms with Crippen LogP contribution in [0.1, 0.15) is 11.3 Å². The Morgan fingerprint density at radius 1 is 0.900 bits per heavy atom. The molecule has 0 amide bonds. The van der Waals surface area contributed by atoms with Crippen molar-refractivity contribution in [3.05, 3.63) is 53.9 Å². The van der Waals surface area contributed by atoms with E-state index < -0.39 is 0 Å². The topological polar surface area (TPSA) is 19.7 Å². The van der Waals surface area contributed by atoms with Gasteiger partial charge in [-0.25, -0.2) is 4.57 Å². The Morgan fingerprint density at radius 2 is 1.70 bits per heavy atom. The van der Waals surface area contributed by atoms with Crippen molar-refractivity contribution < 1.29 is 4.57 Å². The molecule has 0 saturated carbocycles. The summed E-state index contributed by atoms with van der Waals surface area (Å²) >= 11 is 0. The summed E-state index contributed by atoms with van der Waals surface area (Å²) in [6.45, 7) is 4.39. The molecule has 2 aromatic carbocycles. The molecule has 0 atom stereocenters. The minimum atomic E-state index is 1.21. The van der Waals surface area contributed by atoms with E-state index in [0.29, 0.717) is 0 Å². The van der Waals surface area contributed by atoms with Gasteiger partial charge in [0, 0.05) is 34.7 Å². The third-order valence-corrected chi connectivity index (χ3v) is 4.49. The molecule has 0 aliphatic heterocycles. The van der Waals surface area contributed by atoms with E-state index in [1.165, 1.54) is 43.8 Å². The highest BCUT2D eigenvalue weighted by Gasteiger charge is 2.14. The van der Waals surface area contributed by atoms with Crippen LogP contribution in [0.3, 0.4) is 0 Å². The molecule has 0 unspecified atom stereocenters. The third-order valence-electron chi connectivity index (χ3n) is 4.49. The highest BCUT2D eigenvalue weighted by Crippen LogP contribution is 2.33. The summed E-state index contributed by atoms with van der Waals surface area (Å²) in [4.78, 5) is 3.57. The Labute approximate surface area is 117 Å². The van der Waals surface area contributed by atoms with Gasteiger partial charge in [0.25, 0.3) is 0 Å². The quantitative estimate of drug-likeness (QED) is 0.463. The number of aryl methyl sites for hydroxylation is 3. The van der Waals surface area contributed by atoms with Crippen LogP contribution < -0.4 is 4.57 Å². The fourth-order valence-electron chi connectivity index (χ4n) is 3.17. The van der Waals surface area contributed by atoms with Gasteiger partial charge < -0.3 is 4.98 Å². The molecular formula is C18H17N2+. The predicted octanol–water partition coefficient (Wildman–Crippen LogP) is 3.92. The zero-order valence-electron chi connectivity index (χ0n) is 12.0. The second-order valence-electron chi connectivity index (χ2n) is 5.57. The highest BCUT2D eigenvalue weighted by molar-refractivity contribution is 6.13. The lowest BCUT2D eigenvalue weighted by molar-refractivity contribution is -0.676. The molecule has 2 nitrogen and oxygen atoms in total. The molecule has 0 radical (unpaired) electrons. The van der Waals surface area contributed by atoms with E-state index in [0.717, 1.165) is 0 Å². The van der Waals surface area contributed by atoms with Crippen molar-refractivity contribution in [2.45, 2.75) is 13.8 Å². The number of H-pyrrole nitrogens is 1.